The molecule has 0 heterocycles. The molecular weight excluding hydrogens is 438 g/mol. The van der Waals surface area contributed by atoms with Gasteiger partial charge in [0.25, 0.3) is 5.91 Å². The van der Waals surface area contributed by atoms with Crippen molar-refractivity contribution in [3.8, 4) is 23.0 Å². The Morgan fingerprint density at radius 1 is 1.00 bits per heavy atom. The Labute approximate surface area is 192 Å². The maximum absolute atomic E-state index is 12.4. The van der Waals surface area contributed by atoms with Gasteiger partial charge < -0.3 is 29.0 Å². The second-order valence-electron chi connectivity index (χ2n) is 7.21. The number of rotatable bonds is 11. The number of methoxy groups -OCH3 is 3. The molecular formula is C23H28ClNO7. The number of hydrogen-bond donors (Lipinski definition) is 1. The van der Waals surface area contributed by atoms with Crippen LogP contribution in [0.3, 0.4) is 0 Å². The summed E-state index contributed by atoms with van der Waals surface area (Å²) in [6, 6.07) is 7.80. The smallest absolute Gasteiger partial charge is 0.338 e. The summed E-state index contributed by atoms with van der Waals surface area (Å²) in [5.41, 5.74) is 0.555. The molecule has 0 atom stereocenters. The van der Waals surface area contributed by atoms with E-state index in [-0.39, 0.29) is 10.6 Å². The molecule has 0 saturated heterocycles. The lowest BCUT2D eigenvalue weighted by molar-refractivity contribution is -0.119. The van der Waals surface area contributed by atoms with E-state index in [0.717, 1.165) is 6.42 Å². The molecule has 2 aromatic rings. The second-order valence-corrected chi connectivity index (χ2v) is 7.62. The molecule has 0 spiro atoms. The first-order valence-electron chi connectivity index (χ1n) is 9.98. The topological polar surface area (TPSA) is 92.3 Å². The van der Waals surface area contributed by atoms with E-state index in [1.807, 2.05) is 0 Å². The van der Waals surface area contributed by atoms with Crippen molar-refractivity contribution in [3.63, 3.8) is 0 Å². The maximum atomic E-state index is 12.4. The van der Waals surface area contributed by atoms with Crippen molar-refractivity contribution in [1.82, 2.24) is 0 Å². The molecule has 0 aliphatic rings. The van der Waals surface area contributed by atoms with E-state index in [4.69, 9.17) is 35.3 Å². The number of esters is 1. The largest absolute Gasteiger partial charge is 0.497 e. The second kappa shape index (κ2) is 12.0. The highest BCUT2D eigenvalue weighted by Gasteiger charge is 2.18. The standard InChI is InChI=1S/C23H28ClNO7/c1-14(2)8-9-31-22-17(24)10-15(11-20(22)30-5)23(27)32-13-21(26)25-18-7-6-16(28-3)12-19(18)29-4/h6-7,10-12,14H,8-9,13H2,1-5H3,(H,25,26). The SMILES string of the molecule is COc1ccc(NC(=O)COC(=O)c2cc(Cl)c(OCCC(C)C)c(OC)c2)c(OC)c1. The normalized spacial score (nSPS) is 10.5. The van der Waals surface area contributed by atoms with Gasteiger partial charge in [-0.15, -0.1) is 0 Å². The minimum atomic E-state index is -0.726. The van der Waals surface area contributed by atoms with Gasteiger partial charge in [0.2, 0.25) is 0 Å². The molecule has 0 saturated carbocycles. The summed E-state index contributed by atoms with van der Waals surface area (Å²) >= 11 is 6.28. The molecule has 174 valence electrons. The van der Waals surface area contributed by atoms with Crippen molar-refractivity contribution in [2.24, 2.45) is 5.92 Å². The molecule has 0 aromatic heterocycles. The van der Waals surface area contributed by atoms with E-state index >= 15 is 0 Å². The van der Waals surface area contributed by atoms with Crippen LogP contribution in [0, 0.1) is 5.92 Å². The van der Waals surface area contributed by atoms with Crippen LogP contribution in [0.25, 0.3) is 0 Å². The molecule has 32 heavy (non-hydrogen) atoms. The van der Waals surface area contributed by atoms with E-state index < -0.39 is 18.5 Å². The molecule has 0 aliphatic heterocycles. The summed E-state index contributed by atoms with van der Waals surface area (Å²) in [7, 11) is 4.45. The summed E-state index contributed by atoms with van der Waals surface area (Å²) < 4.78 is 26.5. The average Bonchev–Trinajstić information content (AvgIpc) is 2.78. The molecule has 0 bridgehead atoms. The summed E-state index contributed by atoms with van der Waals surface area (Å²) in [4.78, 5) is 24.7. The molecule has 1 amide bonds. The molecule has 0 radical (unpaired) electrons. The Morgan fingerprint density at radius 2 is 1.72 bits per heavy atom. The van der Waals surface area contributed by atoms with Crippen molar-refractivity contribution in [1.29, 1.82) is 0 Å². The minimum absolute atomic E-state index is 0.137. The van der Waals surface area contributed by atoms with E-state index in [9.17, 15) is 9.59 Å². The quantitative estimate of drug-likeness (QED) is 0.485. The van der Waals surface area contributed by atoms with Crippen LogP contribution in [0.4, 0.5) is 5.69 Å². The lowest BCUT2D eigenvalue weighted by atomic mass is 10.1. The minimum Gasteiger partial charge on any atom is -0.497 e. The summed E-state index contributed by atoms with van der Waals surface area (Å²) in [6.45, 7) is 4.14. The van der Waals surface area contributed by atoms with Crippen molar-refractivity contribution in [2.75, 3.05) is 39.9 Å². The van der Waals surface area contributed by atoms with E-state index in [2.05, 4.69) is 19.2 Å². The fourth-order valence-electron chi connectivity index (χ4n) is 2.68. The number of benzene rings is 2. The van der Waals surface area contributed by atoms with Crippen molar-refractivity contribution in [2.45, 2.75) is 20.3 Å². The zero-order chi connectivity index (χ0) is 23.7. The third-order valence-electron chi connectivity index (χ3n) is 4.42. The number of amides is 1. The number of anilines is 1. The van der Waals surface area contributed by atoms with Crippen molar-refractivity contribution < 1.29 is 33.3 Å². The van der Waals surface area contributed by atoms with Crippen LogP contribution >= 0.6 is 11.6 Å². The van der Waals surface area contributed by atoms with Gasteiger partial charge in [-0.25, -0.2) is 4.79 Å². The van der Waals surface area contributed by atoms with Gasteiger partial charge in [0.1, 0.15) is 11.5 Å². The molecule has 8 nitrogen and oxygen atoms in total. The molecule has 0 aliphatic carbocycles. The lowest BCUT2D eigenvalue weighted by Crippen LogP contribution is -2.21. The van der Waals surface area contributed by atoms with Crippen LogP contribution in [0.2, 0.25) is 5.02 Å². The summed E-state index contributed by atoms with van der Waals surface area (Å²) in [5, 5.41) is 2.84. The highest BCUT2D eigenvalue weighted by atomic mass is 35.5. The predicted molar refractivity (Wildman–Crippen MR) is 121 cm³/mol. The highest BCUT2D eigenvalue weighted by molar-refractivity contribution is 6.32. The van der Waals surface area contributed by atoms with Crippen LogP contribution in [0.1, 0.15) is 30.6 Å². The Balaban J connectivity index is 2.01. The first-order chi connectivity index (χ1) is 15.3. The van der Waals surface area contributed by atoms with Crippen molar-refractivity contribution >= 4 is 29.2 Å². The summed E-state index contributed by atoms with van der Waals surface area (Å²) in [6.07, 6.45) is 0.845. The van der Waals surface area contributed by atoms with Crippen LogP contribution in [0.15, 0.2) is 30.3 Å². The highest BCUT2D eigenvalue weighted by Crippen LogP contribution is 2.37. The van der Waals surface area contributed by atoms with E-state index in [0.29, 0.717) is 41.2 Å². The average molecular weight is 466 g/mol. The van der Waals surface area contributed by atoms with Crippen LogP contribution in [-0.2, 0) is 9.53 Å². The maximum Gasteiger partial charge on any atom is 0.338 e. The van der Waals surface area contributed by atoms with Crippen molar-refractivity contribution in [3.05, 3.63) is 40.9 Å². The van der Waals surface area contributed by atoms with Gasteiger partial charge in [-0.1, -0.05) is 25.4 Å². The number of hydrogen-bond acceptors (Lipinski definition) is 7. The Hall–Kier alpha value is -3.13. The lowest BCUT2D eigenvalue weighted by Gasteiger charge is -2.15. The van der Waals surface area contributed by atoms with Gasteiger partial charge in [-0.05, 0) is 36.6 Å². The van der Waals surface area contributed by atoms with Gasteiger partial charge in [-0.2, -0.15) is 0 Å². The van der Waals surface area contributed by atoms with Crippen LogP contribution < -0.4 is 24.3 Å². The zero-order valence-electron chi connectivity index (χ0n) is 18.8. The van der Waals surface area contributed by atoms with Gasteiger partial charge in [-0.3, -0.25) is 4.79 Å². The molecule has 2 aromatic carbocycles. The Bertz CT molecular complexity index is 946. The number of halogens is 1. The Morgan fingerprint density at radius 3 is 2.34 bits per heavy atom. The molecule has 2 rings (SSSR count). The first-order valence-corrected chi connectivity index (χ1v) is 10.4. The number of nitrogens with one attached hydrogen (secondary N) is 1. The third kappa shape index (κ3) is 6.95. The first kappa shape index (κ1) is 25.1. The number of carbonyl (C=O) groups excluding carboxylic acids is 2. The fourth-order valence-corrected chi connectivity index (χ4v) is 2.94. The number of carbonyl (C=O) groups is 2. The Kier molecular flexibility index (Phi) is 9.46. The molecule has 1 N–H and O–H groups in total. The van der Waals surface area contributed by atoms with Gasteiger partial charge >= 0.3 is 5.97 Å². The molecule has 0 unspecified atom stereocenters. The van der Waals surface area contributed by atoms with Gasteiger partial charge in [0, 0.05) is 6.07 Å². The molecule has 0 fully saturated rings. The van der Waals surface area contributed by atoms with Gasteiger partial charge in [0.15, 0.2) is 18.1 Å². The zero-order valence-corrected chi connectivity index (χ0v) is 19.6. The summed E-state index contributed by atoms with van der Waals surface area (Å²) in [5.74, 6) is 0.862. The number of ether oxygens (including phenoxy) is 5. The van der Waals surface area contributed by atoms with Crippen LogP contribution in [0.5, 0.6) is 23.0 Å². The van der Waals surface area contributed by atoms with Crippen LogP contribution in [-0.4, -0.2) is 46.4 Å². The predicted octanol–water partition coefficient (Wildman–Crippen LogP) is 4.59. The van der Waals surface area contributed by atoms with E-state index in [1.54, 1.807) is 18.2 Å². The van der Waals surface area contributed by atoms with Gasteiger partial charge in [0.05, 0.1) is 44.2 Å². The fraction of sp³-hybridized carbons (Fsp3) is 0.391. The van der Waals surface area contributed by atoms with E-state index in [1.165, 1.54) is 33.5 Å². The molecule has 9 heteroatoms. The monoisotopic (exact) mass is 465 g/mol. The third-order valence-corrected chi connectivity index (χ3v) is 4.70.